The van der Waals surface area contributed by atoms with Crippen molar-refractivity contribution in [2.75, 3.05) is 6.54 Å². The number of hydrogen-bond acceptors (Lipinski definition) is 4. The van der Waals surface area contributed by atoms with Crippen LogP contribution in [0.3, 0.4) is 0 Å². The number of halogens is 3. The Morgan fingerprint density at radius 2 is 1.63 bits per heavy atom. The van der Waals surface area contributed by atoms with Crippen LogP contribution in [-0.4, -0.2) is 40.2 Å². The molecule has 2 aromatic carbocycles. The summed E-state index contributed by atoms with van der Waals surface area (Å²) >= 11 is 0. The van der Waals surface area contributed by atoms with Crippen molar-refractivity contribution < 1.29 is 27.9 Å². The van der Waals surface area contributed by atoms with Gasteiger partial charge < -0.3 is 15.0 Å². The van der Waals surface area contributed by atoms with Gasteiger partial charge in [0.2, 0.25) is 5.56 Å². The van der Waals surface area contributed by atoms with E-state index >= 15 is 0 Å². The van der Waals surface area contributed by atoms with Gasteiger partial charge in [0, 0.05) is 42.8 Å². The highest BCUT2D eigenvalue weighted by Crippen LogP contribution is 2.32. The van der Waals surface area contributed by atoms with Crippen molar-refractivity contribution in [1.29, 1.82) is 0 Å². The summed E-state index contributed by atoms with van der Waals surface area (Å²) in [5.74, 6) is -1.28. The molecule has 0 radical (unpaired) electrons. The van der Waals surface area contributed by atoms with Crippen LogP contribution in [0.15, 0.2) is 71.7 Å². The number of nitrogens with one attached hydrogen (secondary N) is 1. The Morgan fingerprint density at radius 1 is 1.00 bits per heavy atom. The van der Waals surface area contributed by atoms with Crippen molar-refractivity contribution in [3.63, 3.8) is 0 Å². The molecule has 0 aliphatic rings. The van der Waals surface area contributed by atoms with Gasteiger partial charge in [0.1, 0.15) is 0 Å². The molecular formula is C26H25F3N2O4. The molecule has 1 heterocycles. The minimum atomic E-state index is -4.82. The number of ketones is 1. The maximum Gasteiger partial charge on any atom is 0.416 e. The highest BCUT2D eigenvalue weighted by atomic mass is 19.4. The van der Waals surface area contributed by atoms with Crippen LogP contribution in [-0.2, 0) is 7.05 Å². The molecule has 1 aromatic heterocycles. The van der Waals surface area contributed by atoms with Crippen LogP contribution in [0.4, 0.5) is 13.2 Å². The first-order chi connectivity index (χ1) is 16.5. The fourth-order valence-corrected chi connectivity index (χ4v) is 3.72. The van der Waals surface area contributed by atoms with Crippen molar-refractivity contribution in [2.24, 2.45) is 7.05 Å². The predicted molar refractivity (Wildman–Crippen MR) is 124 cm³/mol. The third-order valence-corrected chi connectivity index (χ3v) is 5.77. The fourth-order valence-electron chi connectivity index (χ4n) is 3.72. The van der Waals surface area contributed by atoms with E-state index in [1.165, 1.54) is 35.0 Å². The number of benzene rings is 2. The van der Waals surface area contributed by atoms with Crippen LogP contribution in [0.5, 0.6) is 0 Å². The molecule has 0 fully saturated rings. The summed E-state index contributed by atoms with van der Waals surface area (Å²) in [5, 5.41) is 11.1. The Labute approximate surface area is 200 Å². The summed E-state index contributed by atoms with van der Waals surface area (Å²) in [6, 6.07) is 16.6. The number of nitrogens with zero attached hydrogens (tertiary/aromatic N) is 1. The van der Waals surface area contributed by atoms with E-state index in [1.807, 2.05) is 31.2 Å². The quantitative estimate of drug-likeness (QED) is 0.475. The molecule has 1 amide bonds. The van der Waals surface area contributed by atoms with Crippen molar-refractivity contribution in [3.05, 3.63) is 105 Å². The average Bonchev–Trinajstić information content (AvgIpc) is 2.82. The molecule has 0 saturated carbocycles. The van der Waals surface area contributed by atoms with Crippen LogP contribution >= 0.6 is 0 Å². The zero-order valence-corrected chi connectivity index (χ0v) is 19.2. The predicted octanol–water partition coefficient (Wildman–Crippen LogP) is 3.75. The number of rotatable bonds is 8. The van der Waals surface area contributed by atoms with Gasteiger partial charge in [-0.1, -0.05) is 36.4 Å². The van der Waals surface area contributed by atoms with E-state index in [-0.39, 0.29) is 29.2 Å². The summed E-state index contributed by atoms with van der Waals surface area (Å²) in [7, 11) is 1.56. The van der Waals surface area contributed by atoms with Crippen LogP contribution in [0.1, 0.15) is 49.7 Å². The van der Waals surface area contributed by atoms with Gasteiger partial charge in [-0.25, -0.2) is 0 Å². The molecule has 184 valence electrons. The van der Waals surface area contributed by atoms with Crippen molar-refractivity contribution in [2.45, 2.75) is 31.5 Å². The van der Waals surface area contributed by atoms with E-state index in [1.54, 1.807) is 19.2 Å². The van der Waals surface area contributed by atoms with Gasteiger partial charge in [-0.3, -0.25) is 14.4 Å². The second kappa shape index (κ2) is 10.7. The van der Waals surface area contributed by atoms with Crippen molar-refractivity contribution in [1.82, 2.24) is 9.88 Å². The molecule has 0 aliphatic heterocycles. The monoisotopic (exact) mass is 486 g/mol. The number of aliphatic hydroxyl groups excluding tert-OH is 1. The number of aromatic nitrogens is 1. The number of pyridine rings is 1. The fraction of sp³-hybridized carbons (Fsp3) is 0.269. The summed E-state index contributed by atoms with van der Waals surface area (Å²) in [5.41, 5.74) is 2.91. The normalized spacial score (nSPS) is 13.2. The molecule has 0 aliphatic carbocycles. The number of aryl methyl sites for hydroxylation is 2. The minimum absolute atomic E-state index is 0.104. The number of amides is 1. The lowest BCUT2D eigenvalue weighted by Gasteiger charge is -2.20. The first kappa shape index (κ1) is 25.9. The number of alkyl halides is 3. The maximum atomic E-state index is 13.1. The summed E-state index contributed by atoms with van der Waals surface area (Å²) in [6.07, 6.45) is -5.88. The van der Waals surface area contributed by atoms with E-state index in [4.69, 9.17) is 5.11 Å². The molecule has 9 heteroatoms. The lowest BCUT2D eigenvalue weighted by Crippen LogP contribution is -2.40. The van der Waals surface area contributed by atoms with Gasteiger partial charge in [-0.05, 0) is 41.8 Å². The largest absolute Gasteiger partial charge is 0.416 e. The number of carbonyl (C=O) groups excluding carboxylic acids is 2. The molecular weight excluding hydrogens is 461 g/mol. The average molecular weight is 486 g/mol. The molecule has 2 N–H and O–H groups in total. The van der Waals surface area contributed by atoms with Gasteiger partial charge in [-0.2, -0.15) is 13.2 Å². The van der Waals surface area contributed by atoms with Crippen LogP contribution in [0.25, 0.3) is 0 Å². The molecule has 0 saturated heterocycles. The number of aliphatic hydroxyl groups is 1. The van der Waals surface area contributed by atoms with Gasteiger partial charge in [0.15, 0.2) is 11.9 Å². The maximum absolute atomic E-state index is 13.1. The molecule has 3 aromatic rings. The third-order valence-electron chi connectivity index (χ3n) is 5.77. The van der Waals surface area contributed by atoms with E-state index in [2.05, 4.69) is 5.32 Å². The first-order valence-electron chi connectivity index (χ1n) is 10.9. The Morgan fingerprint density at radius 3 is 2.23 bits per heavy atom. The third kappa shape index (κ3) is 6.45. The van der Waals surface area contributed by atoms with E-state index in [0.29, 0.717) is 5.56 Å². The Hall–Kier alpha value is -3.72. The second-order valence-electron chi connectivity index (χ2n) is 8.29. The van der Waals surface area contributed by atoms with Crippen molar-refractivity contribution >= 4 is 11.7 Å². The Kier molecular flexibility index (Phi) is 7.91. The highest BCUT2D eigenvalue weighted by Gasteiger charge is 2.38. The first-order valence-corrected chi connectivity index (χ1v) is 10.9. The van der Waals surface area contributed by atoms with Crippen LogP contribution in [0, 0.1) is 6.92 Å². The van der Waals surface area contributed by atoms with Crippen LogP contribution < -0.4 is 10.9 Å². The number of hydrogen-bond donors (Lipinski definition) is 2. The van der Waals surface area contributed by atoms with Gasteiger partial charge in [-0.15, -0.1) is 0 Å². The summed E-state index contributed by atoms with van der Waals surface area (Å²) in [6.45, 7) is 0.969. The Balaban J connectivity index is 1.85. The molecule has 3 rings (SSSR count). The molecule has 0 spiro atoms. The van der Waals surface area contributed by atoms with Crippen molar-refractivity contribution in [3.8, 4) is 0 Å². The lowest BCUT2D eigenvalue weighted by atomic mass is 9.83. The zero-order chi connectivity index (χ0) is 25.8. The zero-order valence-electron chi connectivity index (χ0n) is 19.2. The van der Waals surface area contributed by atoms with E-state index < -0.39 is 24.7 Å². The molecule has 2 atom stereocenters. The topological polar surface area (TPSA) is 88.4 Å². The van der Waals surface area contributed by atoms with Crippen LogP contribution in [0.2, 0.25) is 0 Å². The highest BCUT2D eigenvalue weighted by molar-refractivity contribution is 5.97. The minimum Gasteiger partial charge on any atom is -0.382 e. The number of carbonyl (C=O) groups is 2. The van der Waals surface area contributed by atoms with E-state index in [9.17, 15) is 27.6 Å². The standard InChI is InChI=1S/C26H25F3N2O4/c1-16-5-3-4-6-20(16)21(13-22(32)19-11-12-24(34)31(2)15-19)17-7-9-18(10-8-17)25(35)30-14-23(33)26(27,28)29/h3-12,15,21,23,33H,13-14H2,1-2H3,(H,30,35). The van der Waals surface area contributed by atoms with Gasteiger partial charge >= 0.3 is 6.18 Å². The number of Topliss-reactive ketones (excluding diaryl/α,β-unsaturated/α-hetero) is 1. The second-order valence-corrected chi connectivity index (χ2v) is 8.29. The van der Waals surface area contributed by atoms with E-state index in [0.717, 1.165) is 16.7 Å². The molecule has 6 nitrogen and oxygen atoms in total. The summed E-state index contributed by atoms with van der Waals surface area (Å²) in [4.78, 5) is 37.0. The molecule has 2 unspecified atom stereocenters. The smallest absolute Gasteiger partial charge is 0.382 e. The lowest BCUT2D eigenvalue weighted by molar-refractivity contribution is -0.201. The Bertz CT molecular complexity index is 1270. The SMILES string of the molecule is Cc1ccccc1C(CC(=O)c1ccc(=O)n(C)c1)c1ccc(C(=O)NCC(O)C(F)(F)F)cc1. The van der Waals surface area contributed by atoms with Gasteiger partial charge in [0.05, 0.1) is 6.54 Å². The van der Waals surface area contributed by atoms with Gasteiger partial charge in [0.25, 0.3) is 5.91 Å². The molecule has 35 heavy (non-hydrogen) atoms. The summed E-state index contributed by atoms with van der Waals surface area (Å²) < 4.78 is 38.7. The molecule has 0 bridgehead atoms.